The minimum Gasteiger partial charge on any atom is -0.490 e. The first-order chi connectivity index (χ1) is 41.8. The number of nitrogens with zero attached hydrogens (tertiary/aromatic N) is 2. The van der Waals surface area contributed by atoms with Crippen molar-refractivity contribution >= 4 is 34.1 Å². The molecule has 0 amide bonds. The Morgan fingerprint density at radius 3 is 0.882 bits per heavy atom. The van der Waals surface area contributed by atoms with Crippen LogP contribution in [0.2, 0.25) is 0 Å². The molecule has 6 heteroatoms. The summed E-state index contributed by atoms with van der Waals surface area (Å²) in [5, 5.41) is 0. The third-order valence-corrected chi connectivity index (χ3v) is 17.7. The van der Waals surface area contributed by atoms with Crippen LogP contribution in [0.1, 0.15) is 256 Å². The van der Waals surface area contributed by atoms with Crippen LogP contribution in [0.4, 0.5) is 34.1 Å². The van der Waals surface area contributed by atoms with Gasteiger partial charge in [-0.2, -0.15) is 0 Å². The molecule has 0 fully saturated rings. The summed E-state index contributed by atoms with van der Waals surface area (Å²) in [6, 6.07) is 46.5. The zero-order valence-electron chi connectivity index (χ0n) is 54.6. The second-order valence-electron chi connectivity index (χ2n) is 24.8. The van der Waals surface area contributed by atoms with E-state index in [2.05, 4.69) is 187 Å². The Bertz CT molecular complexity index is 2630. The Labute approximate surface area is 517 Å². The maximum atomic E-state index is 6.75. The Morgan fingerprint density at radius 2 is 0.541 bits per heavy atom. The maximum Gasteiger partial charge on any atom is 0.163 e. The molecule has 0 aromatic heterocycles. The van der Waals surface area contributed by atoms with E-state index in [1.165, 1.54) is 186 Å². The second-order valence-corrected chi connectivity index (χ2v) is 24.8. The number of hydrogen-bond donors (Lipinski definition) is 0. The number of anilines is 6. The third-order valence-electron chi connectivity index (χ3n) is 17.7. The van der Waals surface area contributed by atoms with Crippen LogP contribution in [-0.4, -0.2) is 26.4 Å². The smallest absolute Gasteiger partial charge is 0.163 e. The topological polar surface area (TPSA) is 43.4 Å². The van der Waals surface area contributed by atoms with Gasteiger partial charge in [0.25, 0.3) is 0 Å². The summed E-state index contributed by atoms with van der Waals surface area (Å²) in [6.45, 7) is 20.8. The molecule has 0 unspecified atom stereocenters. The van der Waals surface area contributed by atoms with E-state index in [9.17, 15) is 0 Å². The van der Waals surface area contributed by atoms with Crippen LogP contribution in [0.3, 0.4) is 0 Å². The molecule has 0 N–H and O–H groups in total. The molecule has 6 nitrogen and oxygen atoms in total. The van der Waals surface area contributed by atoms with Crippen molar-refractivity contribution in [2.24, 2.45) is 0 Å². The Kier molecular flexibility index (Phi) is 29.0. The first-order valence-corrected chi connectivity index (χ1v) is 34.6. The van der Waals surface area contributed by atoms with Crippen molar-refractivity contribution in [2.45, 2.75) is 253 Å². The van der Waals surface area contributed by atoms with Crippen LogP contribution in [-0.2, 0) is 5.41 Å². The van der Waals surface area contributed by atoms with E-state index in [1.54, 1.807) is 0 Å². The third kappa shape index (κ3) is 19.6. The molecule has 6 aromatic rings. The van der Waals surface area contributed by atoms with Gasteiger partial charge in [0.1, 0.15) is 0 Å². The van der Waals surface area contributed by atoms with Gasteiger partial charge in [-0.25, -0.2) is 0 Å². The molecule has 0 saturated carbocycles. The standard InChI is InChI=1S/C79H112N2O4/c1-9-15-21-27-29-31-53-79(54-32-30-28-22-16-10-2)73-59-67(80(65-41-37-63(7)38-42-65)69-47-51-75(82-55-33-23-17-11-3)77(61-69)84-57-35-25-19-13-5)45-49-71(73)72-50-46-68(60-74(72)79)81(66-43-39-64(8)40-44-66)70-48-52-76(83-56-34-24-18-12-4)78(62-70)85-58-36-26-20-14-6/h37-52,59-62H,9-36,53-58H2,1-8H3. The average molecular weight is 1150 g/mol. The van der Waals surface area contributed by atoms with Gasteiger partial charge in [0.2, 0.25) is 0 Å². The monoisotopic (exact) mass is 1150 g/mol. The van der Waals surface area contributed by atoms with Crippen LogP contribution in [0.15, 0.2) is 121 Å². The Hall–Kier alpha value is -5.88. The Morgan fingerprint density at radius 1 is 0.271 bits per heavy atom. The minimum atomic E-state index is -0.200. The summed E-state index contributed by atoms with van der Waals surface area (Å²) in [6.07, 6.45) is 35.9. The molecule has 0 aliphatic heterocycles. The number of ether oxygens (including phenoxy) is 4. The lowest BCUT2D eigenvalue weighted by Gasteiger charge is -2.35. The van der Waals surface area contributed by atoms with Gasteiger partial charge >= 0.3 is 0 Å². The molecule has 1 aliphatic rings. The lowest BCUT2D eigenvalue weighted by atomic mass is 9.70. The summed E-state index contributed by atoms with van der Waals surface area (Å²) >= 11 is 0. The van der Waals surface area contributed by atoms with Gasteiger partial charge in [0.15, 0.2) is 23.0 Å². The molecule has 0 spiro atoms. The molecule has 85 heavy (non-hydrogen) atoms. The molecule has 1 aliphatic carbocycles. The summed E-state index contributed by atoms with van der Waals surface area (Å²) in [4.78, 5) is 4.95. The predicted octanol–water partition coefficient (Wildman–Crippen LogP) is 24.8. The van der Waals surface area contributed by atoms with Crippen molar-refractivity contribution in [1.29, 1.82) is 0 Å². The van der Waals surface area contributed by atoms with Crippen molar-refractivity contribution in [3.63, 3.8) is 0 Å². The molecular formula is C79H112N2O4. The summed E-state index contributed by atoms with van der Waals surface area (Å²) < 4.78 is 26.7. The first-order valence-electron chi connectivity index (χ1n) is 34.6. The van der Waals surface area contributed by atoms with Crippen LogP contribution in [0, 0.1) is 13.8 Å². The van der Waals surface area contributed by atoms with Crippen molar-refractivity contribution in [3.05, 3.63) is 144 Å². The van der Waals surface area contributed by atoms with Crippen molar-refractivity contribution < 1.29 is 18.9 Å². The van der Waals surface area contributed by atoms with E-state index in [0.717, 1.165) is 97.1 Å². The van der Waals surface area contributed by atoms with E-state index in [-0.39, 0.29) is 5.41 Å². The molecule has 462 valence electrons. The van der Waals surface area contributed by atoms with Gasteiger partial charge in [0.05, 0.1) is 37.8 Å². The number of rotatable bonds is 44. The van der Waals surface area contributed by atoms with E-state index in [1.807, 2.05) is 0 Å². The van der Waals surface area contributed by atoms with Gasteiger partial charge < -0.3 is 28.7 Å². The van der Waals surface area contributed by atoms with E-state index in [0.29, 0.717) is 26.4 Å². The SMILES string of the molecule is CCCCCCCCC1(CCCCCCCC)c2cc(N(c3ccc(C)cc3)c3ccc(OCCCCCC)c(OCCCCCC)c3)ccc2-c2ccc(N(c3ccc(C)cc3)c3ccc(OCCCCCC)c(OCCCCCC)c3)cc21. The van der Waals surface area contributed by atoms with E-state index in [4.69, 9.17) is 18.9 Å². The van der Waals surface area contributed by atoms with Crippen LogP contribution in [0.5, 0.6) is 23.0 Å². The lowest BCUT2D eigenvalue weighted by molar-refractivity contribution is 0.259. The number of benzene rings is 6. The quantitative estimate of drug-likeness (QED) is 0.0355. The van der Waals surface area contributed by atoms with Crippen molar-refractivity contribution in [1.82, 2.24) is 0 Å². The fourth-order valence-corrected chi connectivity index (χ4v) is 12.7. The minimum absolute atomic E-state index is 0.200. The fourth-order valence-electron chi connectivity index (χ4n) is 12.7. The highest BCUT2D eigenvalue weighted by molar-refractivity contribution is 5.89. The van der Waals surface area contributed by atoms with Crippen molar-refractivity contribution in [3.8, 4) is 34.1 Å². The van der Waals surface area contributed by atoms with E-state index < -0.39 is 0 Å². The zero-order valence-corrected chi connectivity index (χ0v) is 54.6. The number of hydrogen-bond acceptors (Lipinski definition) is 6. The largest absolute Gasteiger partial charge is 0.490 e. The highest BCUT2D eigenvalue weighted by Crippen LogP contribution is 2.57. The van der Waals surface area contributed by atoms with Crippen LogP contribution in [0.25, 0.3) is 11.1 Å². The summed E-state index contributed by atoms with van der Waals surface area (Å²) in [5.41, 5.74) is 14.7. The number of fused-ring (bicyclic) bond motifs is 3. The van der Waals surface area contributed by atoms with E-state index >= 15 is 0 Å². The number of unbranched alkanes of at least 4 members (excludes halogenated alkanes) is 22. The average Bonchev–Trinajstić information content (AvgIpc) is 1.74. The zero-order chi connectivity index (χ0) is 59.9. The molecule has 0 radical (unpaired) electrons. The fraction of sp³-hybridized carbons (Fsp3) is 0.544. The molecular weight excluding hydrogens is 1040 g/mol. The number of aryl methyl sites for hydroxylation is 2. The predicted molar refractivity (Wildman–Crippen MR) is 366 cm³/mol. The van der Waals surface area contributed by atoms with Gasteiger partial charge in [0, 0.05) is 40.3 Å². The lowest BCUT2D eigenvalue weighted by Crippen LogP contribution is -2.26. The van der Waals surface area contributed by atoms with Gasteiger partial charge in [-0.3, -0.25) is 0 Å². The van der Waals surface area contributed by atoms with Gasteiger partial charge in [-0.15, -0.1) is 0 Å². The normalized spacial score (nSPS) is 12.3. The molecule has 0 saturated heterocycles. The van der Waals surface area contributed by atoms with Gasteiger partial charge in [-0.05, 0) is 147 Å². The molecule has 0 heterocycles. The van der Waals surface area contributed by atoms with Gasteiger partial charge in [-0.1, -0.05) is 243 Å². The Balaban J connectivity index is 1.38. The molecule has 6 aromatic carbocycles. The highest BCUT2D eigenvalue weighted by atomic mass is 16.5. The molecule has 0 bridgehead atoms. The van der Waals surface area contributed by atoms with Crippen LogP contribution >= 0.6 is 0 Å². The highest BCUT2D eigenvalue weighted by Gasteiger charge is 2.43. The second kappa shape index (κ2) is 37.0. The summed E-state index contributed by atoms with van der Waals surface area (Å²) in [5.74, 6) is 3.34. The van der Waals surface area contributed by atoms with Crippen LogP contribution < -0.4 is 28.7 Å². The van der Waals surface area contributed by atoms with Crippen molar-refractivity contribution in [2.75, 3.05) is 36.2 Å². The summed E-state index contributed by atoms with van der Waals surface area (Å²) in [7, 11) is 0. The molecule has 7 rings (SSSR count). The molecule has 0 atom stereocenters. The maximum absolute atomic E-state index is 6.75. The first kappa shape index (κ1) is 66.6.